The smallest absolute Gasteiger partial charge is 0.415 e. The van der Waals surface area contributed by atoms with Crippen LogP contribution in [-0.2, 0) is 17.7 Å². The van der Waals surface area contributed by atoms with Gasteiger partial charge in [0.1, 0.15) is 26.8 Å². The second-order valence-corrected chi connectivity index (χ2v) is 15.2. The molecule has 282 valence electrons. The first-order chi connectivity index (χ1) is 25.3. The lowest BCUT2D eigenvalue weighted by atomic mass is 9.85. The highest BCUT2D eigenvalue weighted by Crippen LogP contribution is 2.42. The number of aromatic carboxylic acids is 1. The number of rotatable bonds is 13. The van der Waals surface area contributed by atoms with Gasteiger partial charge in [0.2, 0.25) is 12.4 Å². The zero-order valence-corrected chi connectivity index (χ0v) is 31.0. The van der Waals surface area contributed by atoms with Gasteiger partial charge >= 0.3 is 18.7 Å². The van der Waals surface area contributed by atoms with Gasteiger partial charge in [0.15, 0.2) is 11.5 Å². The number of ether oxygens (including phenoxy) is 3. The third-order valence-electron chi connectivity index (χ3n) is 9.33. The third-order valence-corrected chi connectivity index (χ3v) is 11.1. The average molecular weight is 796 g/mol. The lowest BCUT2D eigenvalue weighted by molar-refractivity contribution is -0.904. The fraction of sp³-hybridized carbons (Fsp3) is 0.378. The quantitative estimate of drug-likeness (QED) is 0.103. The van der Waals surface area contributed by atoms with Crippen LogP contribution in [0, 0.1) is 11.7 Å². The van der Waals surface area contributed by atoms with Gasteiger partial charge < -0.3 is 19.3 Å². The number of benzene rings is 2. The Hall–Kier alpha value is -4.24. The Morgan fingerprint density at radius 2 is 1.74 bits per heavy atom. The predicted octanol–water partition coefficient (Wildman–Crippen LogP) is 8.42. The molecule has 5 heterocycles. The minimum atomic E-state index is -3.13. The molecule has 0 unspecified atom stereocenters. The summed E-state index contributed by atoms with van der Waals surface area (Å²) in [6.45, 7) is 2.50. The summed E-state index contributed by atoms with van der Waals surface area (Å²) in [6.07, 6.45) is 2.65. The number of para-hydroxylation sites is 1. The first-order valence-electron chi connectivity index (χ1n) is 16.9. The number of carboxylic acid groups (broad SMARTS) is 1. The number of amides is 1. The van der Waals surface area contributed by atoms with Crippen molar-refractivity contribution in [3.63, 3.8) is 0 Å². The van der Waals surface area contributed by atoms with Crippen LogP contribution in [-0.4, -0.2) is 65.7 Å². The second-order valence-electron chi connectivity index (χ2n) is 13.2. The van der Waals surface area contributed by atoms with Crippen molar-refractivity contribution in [2.75, 3.05) is 24.5 Å². The number of fused-ring (bicyclic) bond motifs is 3. The van der Waals surface area contributed by atoms with Crippen molar-refractivity contribution in [3.8, 4) is 11.5 Å². The van der Waals surface area contributed by atoms with Crippen LogP contribution in [0.3, 0.4) is 0 Å². The van der Waals surface area contributed by atoms with Crippen molar-refractivity contribution < 1.29 is 52.0 Å². The molecule has 2 bridgehead atoms. The number of piperidine rings is 3. The van der Waals surface area contributed by atoms with Crippen LogP contribution >= 0.6 is 34.5 Å². The van der Waals surface area contributed by atoms with E-state index in [0.717, 1.165) is 37.3 Å². The van der Waals surface area contributed by atoms with E-state index in [4.69, 9.17) is 37.4 Å². The number of hydrogen-bond acceptors (Lipinski definition) is 8. The van der Waals surface area contributed by atoms with Crippen LogP contribution in [0.15, 0.2) is 60.9 Å². The van der Waals surface area contributed by atoms with Crippen molar-refractivity contribution >= 4 is 52.3 Å². The topological polar surface area (TPSA) is 113 Å². The predicted molar refractivity (Wildman–Crippen MR) is 192 cm³/mol. The number of carbonyl (C=O) groups is 2. The third kappa shape index (κ3) is 8.94. The van der Waals surface area contributed by atoms with E-state index < -0.39 is 36.5 Å². The highest BCUT2D eigenvalue weighted by atomic mass is 35.5. The van der Waals surface area contributed by atoms with Crippen LogP contribution < -0.4 is 19.1 Å². The maximum absolute atomic E-state index is 15.3. The first-order valence-corrected chi connectivity index (χ1v) is 18.5. The number of thiophene rings is 1. The molecule has 0 aliphatic carbocycles. The summed E-state index contributed by atoms with van der Waals surface area (Å²) in [6, 6.07) is 11.7. The van der Waals surface area contributed by atoms with E-state index in [9.17, 15) is 28.7 Å². The maximum atomic E-state index is 15.3. The number of halogens is 5. The molecule has 2 atom stereocenters. The number of aromatic nitrogens is 1. The fourth-order valence-corrected chi connectivity index (χ4v) is 8.56. The normalized spacial score (nSPS) is 18.6. The molecule has 1 amide bonds. The maximum Gasteiger partial charge on any atom is 0.415 e. The molecule has 3 aliphatic rings. The van der Waals surface area contributed by atoms with Crippen LogP contribution in [0.5, 0.6) is 11.5 Å². The van der Waals surface area contributed by atoms with Crippen molar-refractivity contribution in [3.05, 3.63) is 103 Å². The van der Waals surface area contributed by atoms with Gasteiger partial charge in [-0.25, -0.2) is 14.0 Å². The Labute approximate surface area is 317 Å². The highest BCUT2D eigenvalue weighted by molar-refractivity contribution is 7.14. The van der Waals surface area contributed by atoms with E-state index in [0.29, 0.717) is 27.3 Å². The summed E-state index contributed by atoms with van der Waals surface area (Å²) >= 11 is 14.0. The molecule has 10 nitrogen and oxygen atoms in total. The number of hydrogen-bond donors (Lipinski definition) is 2. The minimum absolute atomic E-state index is 0.00482. The number of anilines is 1. The van der Waals surface area contributed by atoms with E-state index in [1.807, 2.05) is 0 Å². The van der Waals surface area contributed by atoms with Gasteiger partial charge in [-0.15, -0.1) is 11.3 Å². The largest absolute Gasteiger partial charge is 0.487 e. The lowest BCUT2D eigenvalue weighted by Crippen LogP contribution is -2.53. The molecule has 2 N–H and O–H groups in total. The Kier molecular flexibility index (Phi) is 11.9. The van der Waals surface area contributed by atoms with Gasteiger partial charge in [-0.2, -0.15) is 8.78 Å². The molecule has 2 aromatic carbocycles. The van der Waals surface area contributed by atoms with Crippen molar-refractivity contribution in [2.45, 2.75) is 64.4 Å². The Morgan fingerprint density at radius 1 is 1.04 bits per heavy atom. The van der Waals surface area contributed by atoms with Gasteiger partial charge in [-0.3, -0.25) is 15.0 Å². The number of alkyl halides is 2. The number of carbonyl (C=O) groups excluding carboxylic acids is 1. The molecule has 3 aliphatic heterocycles. The molecular formula is C37H37Cl2F3N3O7S+. The summed E-state index contributed by atoms with van der Waals surface area (Å²) in [5.41, 5.74) is 1.05. The standard InChI is InChI=1S/C37H36Cl2F3N3O7S/c1-20(2)50-32-13-22(7-8-31(32)51-36(41)42)24(15-26-27(38)17-44(49)18-28(26)39)25-14-23(53-34(25)35(46)47)16-45(30-6-4-3-5-29(30)40)37(48)52-33-19-43-11-9-21(33)10-12-43/h3-8,13-14,17-18,20-21,24,33,36H,9-12,15-16,19H2,1-2H3,(H-,46,47,49)/p+1/t24-,33-/m0/s1. The summed E-state index contributed by atoms with van der Waals surface area (Å²) < 4.78 is 59.2. The molecule has 0 radical (unpaired) electrons. The Balaban J connectivity index is 1.43. The number of pyridine rings is 1. The molecule has 4 aromatic rings. The monoisotopic (exact) mass is 794 g/mol. The van der Waals surface area contributed by atoms with Gasteiger partial charge in [-0.1, -0.05) is 41.4 Å². The number of carboxylic acids is 1. The molecule has 16 heteroatoms. The van der Waals surface area contributed by atoms with E-state index in [-0.39, 0.29) is 62.7 Å². The molecule has 3 fully saturated rings. The van der Waals surface area contributed by atoms with Crippen molar-refractivity contribution in [2.24, 2.45) is 5.92 Å². The van der Waals surface area contributed by atoms with Crippen LogP contribution in [0.4, 0.5) is 23.7 Å². The van der Waals surface area contributed by atoms with E-state index in [1.165, 1.54) is 53.7 Å². The van der Waals surface area contributed by atoms with Crippen molar-refractivity contribution in [1.29, 1.82) is 0 Å². The van der Waals surface area contributed by atoms with E-state index >= 15 is 4.39 Å². The highest BCUT2D eigenvalue weighted by Gasteiger charge is 2.38. The fourth-order valence-electron chi connectivity index (χ4n) is 6.90. The molecule has 53 heavy (non-hydrogen) atoms. The van der Waals surface area contributed by atoms with Gasteiger partial charge in [-0.05, 0) is 93.6 Å². The van der Waals surface area contributed by atoms with Gasteiger partial charge in [0.25, 0.3) is 0 Å². The molecule has 0 saturated carbocycles. The zero-order chi connectivity index (χ0) is 38.0. The van der Waals surface area contributed by atoms with Crippen LogP contribution in [0.25, 0.3) is 0 Å². The second kappa shape index (κ2) is 16.4. The summed E-state index contributed by atoms with van der Waals surface area (Å²) in [5.74, 6) is -2.81. The van der Waals surface area contributed by atoms with Gasteiger partial charge in [0, 0.05) is 27.6 Å². The molecule has 3 saturated heterocycles. The summed E-state index contributed by atoms with van der Waals surface area (Å²) in [7, 11) is 0. The Bertz CT molecular complexity index is 1950. The Morgan fingerprint density at radius 3 is 2.34 bits per heavy atom. The average Bonchev–Trinajstić information content (AvgIpc) is 3.52. The minimum Gasteiger partial charge on any atom is -0.487 e. The SMILES string of the molecule is CC(C)Oc1cc([C@H](Cc2c(Cl)c[n+](O)cc2Cl)c2cc(CN(C(=O)O[C@H]3CN4CCC3CC4)c3ccccc3F)sc2C(=O)O)ccc1OC(F)F. The zero-order valence-electron chi connectivity index (χ0n) is 28.7. The first kappa shape index (κ1) is 38.5. The molecular weight excluding hydrogens is 758 g/mol. The van der Waals surface area contributed by atoms with E-state index in [2.05, 4.69) is 4.90 Å². The van der Waals surface area contributed by atoms with Gasteiger partial charge in [0.05, 0.1) is 18.3 Å². The van der Waals surface area contributed by atoms with E-state index in [1.54, 1.807) is 26.0 Å². The molecule has 0 spiro atoms. The lowest BCUT2D eigenvalue weighted by Gasteiger charge is -2.44. The number of nitrogens with zero attached hydrogens (tertiary/aromatic N) is 3. The summed E-state index contributed by atoms with van der Waals surface area (Å²) in [4.78, 5) is 30.5. The molecule has 2 aromatic heterocycles. The van der Waals surface area contributed by atoms with Crippen LogP contribution in [0.1, 0.15) is 63.8 Å². The molecule has 7 rings (SSSR count). The summed E-state index contributed by atoms with van der Waals surface area (Å²) in [5, 5.41) is 20.7. The van der Waals surface area contributed by atoms with Crippen molar-refractivity contribution in [1.82, 2.24) is 4.90 Å². The van der Waals surface area contributed by atoms with Crippen LogP contribution in [0.2, 0.25) is 10.0 Å².